The molecule has 1 atom stereocenters. The van der Waals surface area contributed by atoms with Crippen molar-refractivity contribution in [3.63, 3.8) is 0 Å². The van der Waals surface area contributed by atoms with Crippen LogP contribution in [0.15, 0.2) is 35.9 Å². The zero-order valence-corrected chi connectivity index (χ0v) is 19.9. The van der Waals surface area contributed by atoms with Crippen LogP contribution in [0, 0.1) is 0 Å². The van der Waals surface area contributed by atoms with Crippen LogP contribution in [0.1, 0.15) is 65.6 Å². The molecule has 0 radical (unpaired) electrons. The molecule has 1 unspecified atom stereocenters. The van der Waals surface area contributed by atoms with Gasteiger partial charge in [-0.3, -0.25) is 0 Å². The molecule has 0 nitrogen and oxygen atoms in total. The van der Waals surface area contributed by atoms with Crippen LogP contribution in [0.4, 0.5) is 0 Å². The van der Waals surface area contributed by atoms with E-state index in [0.717, 1.165) is 0 Å². The summed E-state index contributed by atoms with van der Waals surface area (Å²) in [5.41, 5.74) is 12.4. The Morgan fingerprint density at radius 2 is 1.65 bits per heavy atom. The molecule has 0 heterocycles. The zero-order chi connectivity index (χ0) is 17.1. The summed E-state index contributed by atoms with van der Waals surface area (Å²) < 4.78 is 0.658. The van der Waals surface area contributed by atoms with Gasteiger partial charge in [0.1, 0.15) is 0 Å². The number of hydrogen-bond donors (Lipinski definition) is 0. The van der Waals surface area contributed by atoms with Gasteiger partial charge in [0.2, 0.25) is 0 Å². The molecule has 0 fully saturated rings. The van der Waals surface area contributed by atoms with E-state index in [2.05, 4.69) is 64.1 Å². The van der Waals surface area contributed by atoms with Crippen molar-refractivity contribution in [2.24, 2.45) is 0 Å². The van der Waals surface area contributed by atoms with Gasteiger partial charge < -0.3 is 24.8 Å². The van der Waals surface area contributed by atoms with Crippen molar-refractivity contribution in [3.8, 4) is 11.1 Å². The van der Waals surface area contributed by atoms with Crippen molar-refractivity contribution in [3.05, 3.63) is 63.7 Å². The van der Waals surface area contributed by atoms with Gasteiger partial charge in [-0.05, 0) is 0 Å². The smallest absolute Gasteiger partial charge is 1.00 e. The summed E-state index contributed by atoms with van der Waals surface area (Å²) in [6, 6.07) is 11.9. The Morgan fingerprint density at radius 1 is 1.00 bits per heavy atom. The van der Waals surface area contributed by atoms with Gasteiger partial charge in [-0.15, -0.1) is 0 Å². The molecule has 135 valence electrons. The maximum Gasteiger partial charge on any atom is -1.00 e. The second kappa shape index (κ2) is 7.94. The van der Waals surface area contributed by atoms with E-state index in [0.29, 0.717) is 3.63 Å². The molecular formula is C23H25Cl2Zr. The molecule has 0 amide bonds. The van der Waals surface area contributed by atoms with Crippen molar-refractivity contribution in [1.82, 2.24) is 0 Å². The second-order valence-electron chi connectivity index (χ2n) is 8.39. The Labute approximate surface area is 185 Å². The number of halogens is 2. The number of aryl methyl sites for hydroxylation is 1. The Kier molecular flexibility index (Phi) is 6.70. The van der Waals surface area contributed by atoms with Gasteiger partial charge in [-0.2, -0.15) is 0 Å². The quantitative estimate of drug-likeness (QED) is 0.565. The van der Waals surface area contributed by atoms with Gasteiger partial charge in [0.15, 0.2) is 0 Å². The number of rotatable bonds is 1. The van der Waals surface area contributed by atoms with Crippen molar-refractivity contribution < 1.29 is 49.5 Å². The summed E-state index contributed by atoms with van der Waals surface area (Å²) in [4.78, 5) is 0. The molecule has 2 aromatic carbocycles. The Morgan fingerprint density at radius 3 is 2.27 bits per heavy atom. The Balaban J connectivity index is 0.00000121. The minimum Gasteiger partial charge on any atom is -1.00 e. The number of allylic oxidation sites excluding steroid dienone is 1. The van der Waals surface area contributed by atoms with E-state index >= 15 is 0 Å². The second-order valence-corrected chi connectivity index (χ2v) is 9.81. The molecule has 3 heteroatoms. The monoisotopic (exact) mass is 461 g/mol. The average molecular weight is 464 g/mol. The zero-order valence-electron chi connectivity index (χ0n) is 15.9. The van der Waals surface area contributed by atoms with Crippen LogP contribution in [0.3, 0.4) is 0 Å². The van der Waals surface area contributed by atoms with Crippen molar-refractivity contribution in [1.29, 1.82) is 0 Å². The van der Waals surface area contributed by atoms with Crippen molar-refractivity contribution in [2.75, 3.05) is 0 Å². The maximum atomic E-state index is 2.52. The van der Waals surface area contributed by atoms with Gasteiger partial charge in [-0.1, -0.05) is 0 Å². The predicted octanol–water partition coefficient (Wildman–Crippen LogP) is 0.153. The summed E-state index contributed by atoms with van der Waals surface area (Å²) >= 11 is 1.62. The fraction of sp³-hybridized carbons (Fsp3) is 0.391. The maximum absolute atomic E-state index is 2.52. The van der Waals surface area contributed by atoms with Crippen LogP contribution >= 0.6 is 0 Å². The number of fused-ring (bicyclic) bond motifs is 2. The minimum absolute atomic E-state index is 0. The SMILES string of the molecule is CC1=Cc2c(cc3c(c2-c2ccc(C(C)(C)C)cc2)CCC3)[CH]1[Zr+2].[Cl-].[Cl-]. The van der Waals surface area contributed by atoms with Crippen LogP contribution in [0.2, 0.25) is 0 Å². The molecule has 2 aromatic rings. The third kappa shape index (κ3) is 3.65. The van der Waals surface area contributed by atoms with E-state index in [9.17, 15) is 0 Å². The molecule has 0 aromatic heterocycles. The van der Waals surface area contributed by atoms with E-state index in [4.69, 9.17) is 0 Å². The van der Waals surface area contributed by atoms with Crippen LogP contribution in [-0.4, -0.2) is 0 Å². The third-order valence-electron chi connectivity index (χ3n) is 5.65. The molecule has 4 rings (SSSR count). The van der Waals surface area contributed by atoms with Crippen LogP contribution < -0.4 is 24.8 Å². The first-order valence-corrected chi connectivity index (χ1v) is 10.5. The van der Waals surface area contributed by atoms with E-state index in [-0.39, 0.29) is 30.2 Å². The Bertz CT molecular complexity index is 842. The molecule has 2 aliphatic rings. The van der Waals surface area contributed by atoms with Crippen LogP contribution in [-0.2, 0) is 43.0 Å². The van der Waals surface area contributed by atoms with E-state index in [1.54, 1.807) is 47.0 Å². The van der Waals surface area contributed by atoms with Crippen LogP contribution in [0.5, 0.6) is 0 Å². The van der Waals surface area contributed by atoms with Gasteiger partial charge in [0.05, 0.1) is 0 Å². The average Bonchev–Trinajstić information content (AvgIpc) is 3.10. The molecule has 0 bridgehead atoms. The van der Waals surface area contributed by atoms with Gasteiger partial charge in [0, 0.05) is 0 Å². The first-order chi connectivity index (χ1) is 11.4. The molecule has 0 aliphatic heterocycles. The molecule has 26 heavy (non-hydrogen) atoms. The fourth-order valence-electron chi connectivity index (χ4n) is 4.20. The predicted molar refractivity (Wildman–Crippen MR) is 99.0 cm³/mol. The van der Waals surface area contributed by atoms with Crippen LogP contribution in [0.25, 0.3) is 17.2 Å². The van der Waals surface area contributed by atoms with E-state index in [1.807, 2.05) is 0 Å². The summed E-state index contributed by atoms with van der Waals surface area (Å²) in [5, 5.41) is 0. The molecular weight excluding hydrogens is 438 g/mol. The Hall–Kier alpha value is -0.357. The molecule has 2 aliphatic carbocycles. The largest absolute Gasteiger partial charge is 1.00 e. The summed E-state index contributed by atoms with van der Waals surface area (Å²) in [6.07, 6.45) is 6.28. The third-order valence-corrected chi connectivity index (χ3v) is 7.53. The van der Waals surface area contributed by atoms with Gasteiger partial charge >= 0.3 is 162 Å². The first kappa shape index (κ1) is 21.9. The molecule has 0 N–H and O–H groups in total. The molecule has 0 saturated carbocycles. The summed E-state index contributed by atoms with van der Waals surface area (Å²) in [6.45, 7) is 9.17. The summed E-state index contributed by atoms with van der Waals surface area (Å²) in [5.74, 6) is 0. The topological polar surface area (TPSA) is 0 Å². The number of benzene rings is 2. The van der Waals surface area contributed by atoms with Gasteiger partial charge in [0.25, 0.3) is 0 Å². The van der Waals surface area contributed by atoms with Crippen molar-refractivity contribution in [2.45, 2.75) is 56.0 Å². The standard InChI is InChI=1S/C23H25.2ClH.Zr/c1-15-12-18-14-17-6-5-7-20(17)22(21(18)13-15)16-8-10-19(11-9-16)23(2,3)4;;;/h8-14H,5-7H2,1-4H3;2*1H;/q;;;+2/p-2. The number of hydrogen-bond acceptors (Lipinski definition) is 0. The minimum atomic E-state index is 0. The normalized spacial score (nSPS) is 17.8. The molecule has 0 saturated heterocycles. The molecule has 0 spiro atoms. The van der Waals surface area contributed by atoms with E-state index < -0.39 is 0 Å². The van der Waals surface area contributed by atoms with Crippen molar-refractivity contribution >= 4 is 6.08 Å². The van der Waals surface area contributed by atoms with E-state index in [1.165, 1.54) is 41.5 Å². The van der Waals surface area contributed by atoms with Gasteiger partial charge in [-0.25, -0.2) is 0 Å². The first-order valence-electron chi connectivity index (χ1n) is 9.05. The fourth-order valence-corrected chi connectivity index (χ4v) is 4.99. The summed E-state index contributed by atoms with van der Waals surface area (Å²) in [7, 11) is 0.